The number of phenols is 1. The fourth-order valence-corrected chi connectivity index (χ4v) is 1.95. The Kier molecular flexibility index (Phi) is 6.98. The van der Waals surface area contributed by atoms with Crippen molar-refractivity contribution in [1.29, 1.82) is 0 Å². The van der Waals surface area contributed by atoms with Gasteiger partial charge in [0.1, 0.15) is 0 Å². The first-order chi connectivity index (χ1) is 8.67. The standard InChI is InChI=1S/C14H23NO2S/c1-4-17-14-9-12(5-6-13(14)16)10-15-8-7-11(2)18-3/h5-6,9,11,15-16H,4,7-8,10H2,1-3H3. The first-order valence-electron chi connectivity index (χ1n) is 6.35. The molecule has 4 heteroatoms. The summed E-state index contributed by atoms with van der Waals surface area (Å²) in [4.78, 5) is 0. The van der Waals surface area contributed by atoms with Crippen molar-refractivity contribution in [2.75, 3.05) is 19.4 Å². The van der Waals surface area contributed by atoms with Gasteiger partial charge in [-0.2, -0.15) is 11.8 Å². The zero-order valence-corrected chi connectivity index (χ0v) is 12.2. The van der Waals surface area contributed by atoms with Crippen LogP contribution in [-0.4, -0.2) is 29.8 Å². The van der Waals surface area contributed by atoms with Gasteiger partial charge in [0.15, 0.2) is 11.5 Å². The Morgan fingerprint density at radius 1 is 1.44 bits per heavy atom. The van der Waals surface area contributed by atoms with Gasteiger partial charge in [0, 0.05) is 11.8 Å². The summed E-state index contributed by atoms with van der Waals surface area (Å²) in [6, 6.07) is 5.50. The fourth-order valence-electron chi connectivity index (χ4n) is 1.60. The van der Waals surface area contributed by atoms with Crippen LogP contribution in [0.5, 0.6) is 11.5 Å². The maximum Gasteiger partial charge on any atom is 0.161 e. The van der Waals surface area contributed by atoms with Crippen LogP contribution in [0, 0.1) is 0 Å². The van der Waals surface area contributed by atoms with E-state index in [-0.39, 0.29) is 5.75 Å². The highest BCUT2D eigenvalue weighted by Crippen LogP contribution is 2.26. The highest BCUT2D eigenvalue weighted by atomic mass is 32.2. The number of hydrogen-bond acceptors (Lipinski definition) is 4. The van der Waals surface area contributed by atoms with E-state index in [2.05, 4.69) is 18.5 Å². The molecule has 0 saturated carbocycles. The molecule has 0 fully saturated rings. The zero-order chi connectivity index (χ0) is 13.4. The van der Waals surface area contributed by atoms with Crippen LogP contribution in [-0.2, 0) is 6.54 Å². The van der Waals surface area contributed by atoms with Crippen molar-refractivity contribution in [2.45, 2.75) is 32.1 Å². The minimum Gasteiger partial charge on any atom is -0.504 e. The summed E-state index contributed by atoms with van der Waals surface area (Å²) in [5, 5.41) is 13.7. The van der Waals surface area contributed by atoms with Crippen LogP contribution in [0.3, 0.4) is 0 Å². The summed E-state index contributed by atoms with van der Waals surface area (Å²) in [5.74, 6) is 0.769. The fraction of sp³-hybridized carbons (Fsp3) is 0.571. The first-order valence-corrected chi connectivity index (χ1v) is 7.64. The number of ether oxygens (including phenoxy) is 1. The van der Waals surface area contributed by atoms with Crippen LogP contribution >= 0.6 is 11.8 Å². The highest BCUT2D eigenvalue weighted by molar-refractivity contribution is 7.99. The van der Waals surface area contributed by atoms with Gasteiger partial charge in [-0.1, -0.05) is 13.0 Å². The van der Waals surface area contributed by atoms with Crippen LogP contribution in [0.15, 0.2) is 18.2 Å². The number of thioether (sulfide) groups is 1. The average Bonchev–Trinajstić information content (AvgIpc) is 2.38. The Morgan fingerprint density at radius 3 is 2.89 bits per heavy atom. The summed E-state index contributed by atoms with van der Waals surface area (Å²) in [5.41, 5.74) is 1.13. The van der Waals surface area contributed by atoms with Crippen LogP contribution < -0.4 is 10.1 Å². The number of rotatable bonds is 8. The molecule has 0 bridgehead atoms. The molecule has 18 heavy (non-hydrogen) atoms. The molecule has 1 rings (SSSR count). The lowest BCUT2D eigenvalue weighted by Crippen LogP contribution is -2.17. The minimum absolute atomic E-state index is 0.205. The Morgan fingerprint density at radius 2 is 2.22 bits per heavy atom. The van der Waals surface area contributed by atoms with Gasteiger partial charge in [-0.15, -0.1) is 0 Å². The number of aromatic hydroxyl groups is 1. The Hall–Kier alpha value is -0.870. The molecule has 0 aliphatic rings. The van der Waals surface area contributed by atoms with Crippen LogP contribution in [0.2, 0.25) is 0 Å². The summed E-state index contributed by atoms with van der Waals surface area (Å²) < 4.78 is 5.36. The molecule has 0 spiro atoms. The molecule has 1 aromatic rings. The molecule has 0 aliphatic carbocycles. The maximum absolute atomic E-state index is 9.59. The first kappa shape index (κ1) is 15.2. The van der Waals surface area contributed by atoms with E-state index >= 15 is 0 Å². The van der Waals surface area contributed by atoms with Crippen molar-refractivity contribution in [1.82, 2.24) is 5.32 Å². The van der Waals surface area contributed by atoms with Gasteiger partial charge >= 0.3 is 0 Å². The van der Waals surface area contributed by atoms with E-state index < -0.39 is 0 Å². The molecule has 0 radical (unpaired) electrons. The SMILES string of the molecule is CCOc1cc(CNCCC(C)SC)ccc1O. The largest absolute Gasteiger partial charge is 0.504 e. The second-order valence-corrected chi connectivity index (χ2v) is 5.52. The number of phenolic OH excluding ortho intramolecular Hbond substituents is 1. The van der Waals surface area contributed by atoms with Gasteiger partial charge < -0.3 is 15.2 Å². The van der Waals surface area contributed by atoms with E-state index in [1.54, 1.807) is 6.07 Å². The molecular weight excluding hydrogens is 246 g/mol. The predicted octanol–water partition coefficient (Wildman–Crippen LogP) is 3.02. The molecular formula is C14H23NO2S. The van der Waals surface area contributed by atoms with Gasteiger partial charge in [-0.3, -0.25) is 0 Å². The Labute approximate surface area is 114 Å². The Balaban J connectivity index is 2.40. The summed E-state index contributed by atoms with van der Waals surface area (Å²) in [6.45, 7) is 6.53. The van der Waals surface area contributed by atoms with Crippen molar-refractivity contribution < 1.29 is 9.84 Å². The molecule has 3 nitrogen and oxygen atoms in total. The van der Waals surface area contributed by atoms with E-state index in [1.807, 2.05) is 30.8 Å². The lowest BCUT2D eigenvalue weighted by atomic mass is 10.2. The third kappa shape index (κ3) is 5.19. The number of benzene rings is 1. The third-order valence-corrected chi connectivity index (χ3v) is 3.82. The van der Waals surface area contributed by atoms with Crippen LogP contribution in [0.4, 0.5) is 0 Å². The third-order valence-electron chi connectivity index (χ3n) is 2.78. The Bertz CT molecular complexity index is 358. The van der Waals surface area contributed by atoms with Crippen molar-refractivity contribution in [3.05, 3.63) is 23.8 Å². The molecule has 1 aromatic carbocycles. The molecule has 0 aromatic heterocycles. The molecule has 0 saturated heterocycles. The van der Waals surface area contributed by atoms with Crippen molar-refractivity contribution in [2.24, 2.45) is 0 Å². The summed E-state index contributed by atoms with van der Waals surface area (Å²) >= 11 is 1.89. The van der Waals surface area contributed by atoms with Crippen molar-refractivity contribution in [3.63, 3.8) is 0 Å². The minimum atomic E-state index is 0.205. The quantitative estimate of drug-likeness (QED) is 0.712. The monoisotopic (exact) mass is 269 g/mol. The average molecular weight is 269 g/mol. The van der Waals surface area contributed by atoms with Gasteiger partial charge in [-0.25, -0.2) is 0 Å². The van der Waals surface area contributed by atoms with Crippen LogP contribution in [0.25, 0.3) is 0 Å². The number of hydrogen-bond donors (Lipinski definition) is 2. The van der Waals surface area contributed by atoms with Gasteiger partial charge in [0.25, 0.3) is 0 Å². The molecule has 102 valence electrons. The van der Waals surface area contributed by atoms with Crippen molar-refractivity contribution >= 4 is 11.8 Å². The number of nitrogens with one attached hydrogen (secondary N) is 1. The predicted molar refractivity (Wildman–Crippen MR) is 78.6 cm³/mol. The lowest BCUT2D eigenvalue weighted by Gasteiger charge is -2.11. The zero-order valence-electron chi connectivity index (χ0n) is 11.4. The topological polar surface area (TPSA) is 41.5 Å². The van der Waals surface area contributed by atoms with E-state index in [0.29, 0.717) is 17.6 Å². The molecule has 0 amide bonds. The smallest absolute Gasteiger partial charge is 0.161 e. The summed E-state index contributed by atoms with van der Waals surface area (Å²) in [6.07, 6.45) is 3.30. The van der Waals surface area contributed by atoms with Crippen molar-refractivity contribution in [3.8, 4) is 11.5 Å². The summed E-state index contributed by atoms with van der Waals surface area (Å²) in [7, 11) is 0. The molecule has 0 aliphatic heterocycles. The highest BCUT2D eigenvalue weighted by Gasteiger charge is 2.03. The lowest BCUT2D eigenvalue weighted by molar-refractivity contribution is 0.317. The van der Waals surface area contributed by atoms with E-state index in [1.165, 1.54) is 0 Å². The van der Waals surface area contributed by atoms with E-state index in [0.717, 1.165) is 25.1 Å². The van der Waals surface area contributed by atoms with Gasteiger partial charge in [-0.05, 0) is 43.8 Å². The van der Waals surface area contributed by atoms with Crippen LogP contribution in [0.1, 0.15) is 25.8 Å². The molecule has 2 N–H and O–H groups in total. The van der Waals surface area contributed by atoms with E-state index in [9.17, 15) is 5.11 Å². The molecule has 1 atom stereocenters. The second kappa shape index (κ2) is 8.27. The molecule has 1 unspecified atom stereocenters. The second-order valence-electron chi connectivity index (χ2n) is 4.25. The molecule has 0 heterocycles. The van der Waals surface area contributed by atoms with Gasteiger partial charge in [0.2, 0.25) is 0 Å². The normalized spacial score (nSPS) is 12.4. The van der Waals surface area contributed by atoms with Gasteiger partial charge in [0.05, 0.1) is 6.61 Å². The maximum atomic E-state index is 9.59. The van der Waals surface area contributed by atoms with E-state index in [4.69, 9.17) is 4.74 Å².